The molecule has 0 fully saturated rings. The van der Waals surface area contributed by atoms with Crippen LogP contribution in [0.15, 0.2) is 22.6 Å². The topological polar surface area (TPSA) is 111 Å². The molecule has 0 atom stereocenters. The second kappa shape index (κ2) is 6.55. The van der Waals surface area contributed by atoms with Gasteiger partial charge in [0.05, 0.1) is 6.61 Å². The molecule has 0 amide bonds. The number of aromatic nitrogens is 1. The lowest BCUT2D eigenvalue weighted by atomic mass is 10.2. The minimum Gasteiger partial charge on any atom is -0.462 e. The molecule has 1 rings (SSSR count). The Balaban J connectivity index is 3.23. The third-order valence-corrected chi connectivity index (χ3v) is 2.17. The van der Waals surface area contributed by atoms with Crippen LogP contribution in [0.25, 0.3) is 0 Å². The minimum atomic E-state index is -0.856. The van der Waals surface area contributed by atoms with E-state index in [-0.39, 0.29) is 23.6 Å². The first kappa shape index (κ1) is 15.5. The van der Waals surface area contributed by atoms with Crippen LogP contribution in [0, 0.1) is 6.92 Å². The van der Waals surface area contributed by atoms with Gasteiger partial charge in [-0.15, -0.1) is 0 Å². The molecule has 7 heteroatoms. The lowest BCUT2D eigenvalue weighted by Gasteiger charge is -2.08. The third-order valence-electron chi connectivity index (χ3n) is 2.17. The van der Waals surface area contributed by atoms with Crippen LogP contribution < -0.4 is 16.0 Å². The number of pyridine rings is 1. The van der Waals surface area contributed by atoms with E-state index in [1.165, 1.54) is 13.0 Å². The van der Waals surface area contributed by atoms with E-state index >= 15 is 0 Å². The summed E-state index contributed by atoms with van der Waals surface area (Å²) >= 11 is 0. The zero-order valence-corrected chi connectivity index (χ0v) is 11.5. The van der Waals surface area contributed by atoms with Gasteiger partial charge in [-0.25, -0.2) is 9.59 Å². The van der Waals surface area contributed by atoms with E-state index in [9.17, 15) is 14.4 Å². The summed E-state index contributed by atoms with van der Waals surface area (Å²) in [6.07, 6.45) is 1.05. The lowest BCUT2D eigenvalue weighted by molar-refractivity contribution is -0.129. The molecule has 1 heterocycles. The first-order chi connectivity index (χ1) is 9.35. The molecule has 20 heavy (non-hydrogen) atoms. The fraction of sp³-hybridized carbons (Fsp3) is 0.308. The smallest absolute Gasteiger partial charge is 0.347 e. The van der Waals surface area contributed by atoms with Crippen molar-refractivity contribution in [3.05, 3.63) is 39.5 Å². The fourth-order valence-electron chi connectivity index (χ4n) is 1.46. The number of H-pyrrole nitrogens is 1. The van der Waals surface area contributed by atoms with Crippen molar-refractivity contribution in [1.82, 2.24) is 4.98 Å². The number of hydrogen-bond donors (Lipinski definition) is 2. The Labute approximate surface area is 115 Å². The number of rotatable bonds is 4. The number of aromatic amines is 1. The molecule has 3 N–H and O–H groups in total. The van der Waals surface area contributed by atoms with E-state index < -0.39 is 17.5 Å². The van der Waals surface area contributed by atoms with Gasteiger partial charge in [-0.2, -0.15) is 0 Å². The molecule has 0 saturated carbocycles. The monoisotopic (exact) mass is 280 g/mol. The zero-order valence-electron chi connectivity index (χ0n) is 11.5. The molecular formula is C13H16N2O5. The Bertz CT molecular complexity index is 612. The number of carbonyl (C=O) groups excluding carboxylic acids is 2. The minimum absolute atomic E-state index is 0.0986. The van der Waals surface area contributed by atoms with Crippen LogP contribution in [0.1, 0.15) is 29.9 Å². The molecule has 1 aromatic rings. The summed E-state index contributed by atoms with van der Waals surface area (Å²) in [4.78, 5) is 37.5. The molecule has 0 bridgehead atoms. The molecule has 1 aromatic heterocycles. The van der Waals surface area contributed by atoms with Gasteiger partial charge in [-0.3, -0.25) is 4.79 Å². The lowest BCUT2D eigenvalue weighted by Crippen LogP contribution is -2.23. The number of nitrogens with one attached hydrogen (secondary N) is 1. The first-order valence-electron chi connectivity index (χ1n) is 5.91. The first-order valence-corrected chi connectivity index (χ1v) is 5.91. The number of nitrogens with two attached hydrogens (primary N) is 1. The van der Waals surface area contributed by atoms with Gasteiger partial charge in [0.15, 0.2) is 11.3 Å². The molecule has 0 aromatic carbocycles. The van der Waals surface area contributed by atoms with Crippen molar-refractivity contribution >= 4 is 11.9 Å². The van der Waals surface area contributed by atoms with E-state index in [1.807, 2.05) is 0 Å². The maximum Gasteiger partial charge on any atom is 0.347 e. The van der Waals surface area contributed by atoms with Gasteiger partial charge in [-0.1, -0.05) is 0 Å². The zero-order chi connectivity index (χ0) is 15.3. The van der Waals surface area contributed by atoms with Gasteiger partial charge < -0.3 is 20.2 Å². The van der Waals surface area contributed by atoms with Crippen LogP contribution in [-0.2, 0) is 9.53 Å². The molecule has 108 valence electrons. The number of ether oxygens (including phenoxy) is 2. The maximum atomic E-state index is 11.8. The van der Waals surface area contributed by atoms with Gasteiger partial charge in [0.2, 0.25) is 0 Å². The van der Waals surface area contributed by atoms with Gasteiger partial charge >= 0.3 is 11.9 Å². The molecule has 0 aliphatic rings. The van der Waals surface area contributed by atoms with Crippen LogP contribution in [0.2, 0.25) is 0 Å². The Morgan fingerprint density at radius 3 is 2.65 bits per heavy atom. The standard InChI is InChI=1S/C13H16N2O5/c1-4-19-13(18)11-9(6-8(3)15-12(11)17)20-10(16)5-7(2)14/h5-6H,4,14H2,1-3H3,(H,15,17)/b7-5+. The largest absolute Gasteiger partial charge is 0.462 e. The van der Waals surface area contributed by atoms with Crippen LogP contribution in [0.3, 0.4) is 0 Å². The average Bonchev–Trinajstić information content (AvgIpc) is 2.26. The van der Waals surface area contributed by atoms with E-state index in [2.05, 4.69) is 4.98 Å². The van der Waals surface area contributed by atoms with Gasteiger partial charge in [0, 0.05) is 23.5 Å². The van der Waals surface area contributed by atoms with Crippen molar-refractivity contribution in [3.63, 3.8) is 0 Å². The third kappa shape index (κ3) is 3.98. The highest BCUT2D eigenvalue weighted by atomic mass is 16.5. The van der Waals surface area contributed by atoms with Crippen molar-refractivity contribution in [2.45, 2.75) is 20.8 Å². The average molecular weight is 280 g/mol. The van der Waals surface area contributed by atoms with E-state index in [0.29, 0.717) is 5.69 Å². The number of hydrogen-bond acceptors (Lipinski definition) is 6. The van der Waals surface area contributed by atoms with Crippen molar-refractivity contribution in [2.75, 3.05) is 6.61 Å². The molecule has 0 saturated heterocycles. The van der Waals surface area contributed by atoms with E-state index in [0.717, 1.165) is 6.08 Å². The second-order valence-electron chi connectivity index (χ2n) is 4.05. The van der Waals surface area contributed by atoms with Crippen molar-refractivity contribution < 1.29 is 19.1 Å². The Hall–Kier alpha value is -2.57. The SMILES string of the molecule is CCOC(=O)c1c(OC(=O)/C=C(\C)N)cc(C)[nH]c1=O. The van der Waals surface area contributed by atoms with Gasteiger partial charge in [-0.05, 0) is 20.8 Å². The summed E-state index contributed by atoms with van der Waals surface area (Å²) in [5.41, 5.74) is 5.01. The quantitative estimate of drug-likeness (QED) is 0.618. The predicted octanol–water partition coefficient (Wildman–Crippen LogP) is 0.628. The van der Waals surface area contributed by atoms with Gasteiger partial charge in [0.1, 0.15) is 0 Å². The predicted molar refractivity (Wildman–Crippen MR) is 71.3 cm³/mol. The van der Waals surface area contributed by atoms with E-state index in [1.54, 1.807) is 13.8 Å². The summed E-state index contributed by atoms with van der Waals surface area (Å²) in [7, 11) is 0. The summed E-state index contributed by atoms with van der Waals surface area (Å²) in [6, 6.07) is 1.37. The highest BCUT2D eigenvalue weighted by molar-refractivity contribution is 5.94. The molecule has 0 radical (unpaired) electrons. The van der Waals surface area contributed by atoms with Gasteiger partial charge in [0.25, 0.3) is 5.56 Å². The Morgan fingerprint density at radius 2 is 2.10 bits per heavy atom. The molecular weight excluding hydrogens is 264 g/mol. The Kier molecular flexibility index (Phi) is 5.08. The molecule has 0 aliphatic heterocycles. The van der Waals surface area contributed by atoms with Crippen LogP contribution in [0.5, 0.6) is 5.75 Å². The Morgan fingerprint density at radius 1 is 1.45 bits per heavy atom. The van der Waals surface area contributed by atoms with E-state index in [4.69, 9.17) is 15.2 Å². The molecule has 0 spiro atoms. The second-order valence-corrected chi connectivity index (χ2v) is 4.05. The molecule has 0 aliphatic carbocycles. The molecule has 7 nitrogen and oxygen atoms in total. The fourth-order valence-corrected chi connectivity index (χ4v) is 1.46. The summed E-state index contributed by atoms with van der Waals surface area (Å²) in [5.74, 6) is -1.79. The highest BCUT2D eigenvalue weighted by Gasteiger charge is 2.21. The normalized spacial score (nSPS) is 11.1. The summed E-state index contributed by atoms with van der Waals surface area (Å²) in [5, 5.41) is 0. The highest BCUT2D eigenvalue weighted by Crippen LogP contribution is 2.17. The maximum absolute atomic E-state index is 11.8. The number of allylic oxidation sites excluding steroid dienone is 1. The summed E-state index contributed by atoms with van der Waals surface area (Å²) < 4.78 is 9.73. The van der Waals surface area contributed by atoms with Crippen molar-refractivity contribution in [1.29, 1.82) is 0 Å². The molecule has 0 unspecified atom stereocenters. The number of aryl methyl sites for hydroxylation is 1. The van der Waals surface area contributed by atoms with Crippen LogP contribution in [0.4, 0.5) is 0 Å². The van der Waals surface area contributed by atoms with Crippen molar-refractivity contribution in [2.24, 2.45) is 5.73 Å². The van der Waals surface area contributed by atoms with Crippen molar-refractivity contribution in [3.8, 4) is 5.75 Å². The summed E-state index contributed by atoms with van der Waals surface area (Å²) in [6.45, 7) is 4.81. The van der Waals surface area contributed by atoms with Crippen LogP contribution >= 0.6 is 0 Å². The van der Waals surface area contributed by atoms with Crippen LogP contribution in [-0.4, -0.2) is 23.5 Å². The number of carbonyl (C=O) groups is 2. The number of esters is 2.